The van der Waals surface area contributed by atoms with Crippen LogP contribution in [-0.4, -0.2) is 25.3 Å². The van der Waals surface area contributed by atoms with Crippen LogP contribution < -0.4 is 0 Å². The summed E-state index contributed by atoms with van der Waals surface area (Å²) in [5.41, 5.74) is 1.52. The summed E-state index contributed by atoms with van der Waals surface area (Å²) in [6.07, 6.45) is 5.19. The van der Waals surface area contributed by atoms with E-state index in [1.807, 2.05) is 25.1 Å². The van der Waals surface area contributed by atoms with E-state index in [0.717, 1.165) is 12.0 Å². The van der Waals surface area contributed by atoms with Crippen LogP contribution in [-0.2, 0) is 4.74 Å². The average molecular weight is 310 g/mol. The summed E-state index contributed by atoms with van der Waals surface area (Å²) in [5.74, 6) is -0.190. The molecule has 0 aromatic heterocycles. The molecule has 0 N–H and O–H groups in total. The molecule has 1 aromatic rings. The van der Waals surface area contributed by atoms with E-state index in [2.05, 4.69) is 12.7 Å². The smallest absolute Gasteiger partial charge is 0.170 e. The molecule has 0 bridgehead atoms. The largest absolute Gasteiger partial charge is 0.385 e. The number of hydrogen-bond acceptors (Lipinski definition) is 3. The minimum Gasteiger partial charge on any atom is -0.385 e. The van der Waals surface area contributed by atoms with Crippen LogP contribution in [0.2, 0.25) is 0 Å². The third-order valence-electron chi connectivity index (χ3n) is 5.39. The lowest BCUT2D eigenvalue weighted by Crippen LogP contribution is -2.50. The van der Waals surface area contributed by atoms with Crippen molar-refractivity contribution in [2.24, 2.45) is 17.3 Å². The molecule has 120 valence electrons. The van der Waals surface area contributed by atoms with Gasteiger partial charge in [0.2, 0.25) is 0 Å². The summed E-state index contributed by atoms with van der Waals surface area (Å²) in [4.78, 5) is 26.3. The molecule has 3 nitrogen and oxygen atoms in total. The topological polar surface area (TPSA) is 43.4 Å². The average Bonchev–Trinajstić information content (AvgIpc) is 2.57. The van der Waals surface area contributed by atoms with Crippen LogP contribution in [0.15, 0.2) is 48.6 Å². The van der Waals surface area contributed by atoms with E-state index >= 15 is 0 Å². The molecule has 0 aliphatic heterocycles. The summed E-state index contributed by atoms with van der Waals surface area (Å²) >= 11 is 0. The van der Waals surface area contributed by atoms with Gasteiger partial charge in [-0.2, -0.15) is 0 Å². The second-order valence-corrected chi connectivity index (χ2v) is 6.63. The van der Waals surface area contributed by atoms with Crippen molar-refractivity contribution in [1.82, 2.24) is 0 Å². The number of carbonyl (C=O) groups excluding carboxylic acids is 2. The summed E-state index contributed by atoms with van der Waals surface area (Å²) < 4.78 is 5.22. The molecule has 3 heteroatoms. The van der Waals surface area contributed by atoms with Gasteiger partial charge in [-0.1, -0.05) is 49.9 Å². The van der Waals surface area contributed by atoms with Crippen LogP contribution in [0.25, 0.3) is 0 Å². The summed E-state index contributed by atoms with van der Waals surface area (Å²) in [5, 5.41) is 0. The Hall–Kier alpha value is -2.00. The van der Waals surface area contributed by atoms with Gasteiger partial charge >= 0.3 is 0 Å². The van der Waals surface area contributed by atoms with E-state index < -0.39 is 5.41 Å². The number of Topliss-reactive ketones (excluding diaryl/α,β-unsaturated/α-hetero) is 2. The van der Waals surface area contributed by atoms with Crippen LogP contribution in [0.3, 0.4) is 0 Å². The van der Waals surface area contributed by atoms with E-state index in [-0.39, 0.29) is 23.4 Å². The normalized spacial score (nSPS) is 29.6. The van der Waals surface area contributed by atoms with E-state index in [9.17, 15) is 9.59 Å². The van der Waals surface area contributed by atoms with E-state index in [1.54, 1.807) is 19.2 Å². The Bertz CT molecular complexity index is 701. The summed E-state index contributed by atoms with van der Waals surface area (Å²) in [6, 6.07) is 7.19. The molecular weight excluding hydrogens is 288 g/mol. The van der Waals surface area contributed by atoms with Crippen LogP contribution in [0.1, 0.15) is 40.5 Å². The number of methoxy groups -OCH3 is 1. The highest BCUT2D eigenvalue weighted by molar-refractivity contribution is 6.18. The van der Waals surface area contributed by atoms with Crippen molar-refractivity contribution in [3.05, 3.63) is 59.7 Å². The zero-order valence-electron chi connectivity index (χ0n) is 13.7. The predicted molar refractivity (Wildman–Crippen MR) is 89.6 cm³/mol. The molecule has 3 rings (SSSR count). The number of ether oxygens (including phenoxy) is 1. The first-order valence-electron chi connectivity index (χ1n) is 8.04. The Balaban J connectivity index is 2.13. The number of benzene rings is 1. The zero-order valence-corrected chi connectivity index (χ0v) is 13.7. The van der Waals surface area contributed by atoms with Crippen molar-refractivity contribution >= 4 is 11.6 Å². The Morgan fingerprint density at radius 2 is 2.00 bits per heavy atom. The highest BCUT2D eigenvalue weighted by Crippen LogP contribution is 2.51. The highest BCUT2D eigenvalue weighted by atomic mass is 16.5. The van der Waals surface area contributed by atoms with Crippen molar-refractivity contribution < 1.29 is 14.3 Å². The molecule has 0 saturated carbocycles. The van der Waals surface area contributed by atoms with Gasteiger partial charge in [0.25, 0.3) is 0 Å². The van der Waals surface area contributed by atoms with E-state index in [0.29, 0.717) is 24.2 Å². The summed E-state index contributed by atoms with van der Waals surface area (Å²) in [6.45, 7) is 6.38. The first-order valence-corrected chi connectivity index (χ1v) is 8.04. The number of hydrogen-bond donors (Lipinski definition) is 0. The fourth-order valence-electron chi connectivity index (χ4n) is 4.13. The minimum absolute atomic E-state index is 0.0176. The SMILES string of the molecule is C=CC1=CC[C@@]2(C)C(=O)c3ccccc3C(=O)[C@H]2[C@H]1CCOC. The molecule has 0 fully saturated rings. The molecule has 0 spiro atoms. The standard InChI is InChI=1S/C20H22O3/c1-4-13-9-11-20(2)17(14(13)10-12-23-3)18(21)15-7-5-6-8-16(15)19(20)22/h4-9,14,17H,1,10-12H2,2-3H3/t14-,17+,20+/m0/s1. The third-order valence-corrected chi connectivity index (χ3v) is 5.39. The molecule has 0 radical (unpaired) electrons. The Labute approximate surface area is 137 Å². The van der Waals surface area contributed by atoms with E-state index in [1.165, 1.54) is 0 Å². The number of rotatable bonds is 4. The first kappa shape index (κ1) is 15.9. The van der Waals surface area contributed by atoms with Crippen molar-refractivity contribution in [1.29, 1.82) is 0 Å². The Kier molecular flexibility index (Phi) is 4.07. The lowest BCUT2D eigenvalue weighted by atomic mass is 9.54. The molecule has 2 aliphatic carbocycles. The molecule has 23 heavy (non-hydrogen) atoms. The Morgan fingerprint density at radius 3 is 2.65 bits per heavy atom. The lowest BCUT2D eigenvalue weighted by Gasteiger charge is -2.46. The van der Waals surface area contributed by atoms with Gasteiger partial charge in [0.05, 0.1) is 0 Å². The van der Waals surface area contributed by atoms with Crippen molar-refractivity contribution in [3.8, 4) is 0 Å². The van der Waals surface area contributed by atoms with Gasteiger partial charge in [0.15, 0.2) is 11.6 Å². The second-order valence-electron chi connectivity index (χ2n) is 6.63. The second kappa shape index (κ2) is 5.89. The Morgan fingerprint density at radius 1 is 1.30 bits per heavy atom. The molecule has 2 aliphatic rings. The monoisotopic (exact) mass is 310 g/mol. The number of fused-ring (bicyclic) bond motifs is 2. The minimum atomic E-state index is -0.670. The predicted octanol–water partition coefficient (Wildman–Crippen LogP) is 3.86. The van der Waals surface area contributed by atoms with Gasteiger partial charge < -0.3 is 4.74 Å². The molecule has 3 atom stereocenters. The zero-order chi connectivity index (χ0) is 16.6. The molecular formula is C20H22O3. The molecule has 0 amide bonds. The first-order chi connectivity index (χ1) is 11.0. The fraction of sp³-hybridized carbons (Fsp3) is 0.400. The maximum Gasteiger partial charge on any atom is 0.170 e. The highest BCUT2D eigenvalue weighted by Gasteiger charge is 2.54. The van der Waals surface area contributed by atoms with Gasteiger partial charge in [0, 0.05) is 36.2 Å². The van der Waals surface area contributed by atoms with Crippen LogP contribution >= 0.6 is 0 Å². The molecule has 0 saturated heterocycles. The summed E-state index contributed by atoms with van der Waals surface area (Å²) in [7, 11) is 1.66. The maximum absolute atomic E-state index is 13.2. The van der Waals surface area contributed by atoms with Gasteiger partial charge in [-0.3, -0.25) is 9.59 Å². The van der Waals surface area contributed by atoms with Crippen LogP contribution in [0.5, 0.6) is 0 Å². The number of carbonyl (C=O) groups is 2. The van der Waals surface area contributed by atoms with Gasteiger partial charge in [-0.25, -0.2) is 0 Å². The fourth-order valence-corrected chi connectivity index (χ4v) is 4.13. The number of allylic oxidation sites excluding steroid dienone is 3. The van der Waals surface area contributed by atoms with Crippen LogP contribution in [0.4, 0.5) is 0 Å². The molecule has 0 unspecified atom stereocenters. The molecule has 1 aromatic carbocycles. The maximum atomic E-state index is 13.2. The van der Waals surface area contributed by atoms with Gasteiger partial charge in [-0.15, -0.1) is 0 Å². The molecule has 0 heterocycles. The lowest BCUT2D eigenvalue weighted by molar-refractivity contribution is 0.0448. The van der Waals surface area contributed by atoms with E-state index in [4.69, 9.17) is 4.74 Å². The number of ketones is 2. The van der Waals surface area contributed by atoms with Crippen LogP contribution in [0, 0.1) is 17.3 Å². The van der Waals surface area contributed by atoms with Gasteiger partial charge in [-0.05, 0) is 24.3 Å². The van der Waals surface area contributed by atoms with Crippen molar-refractivity contribution in [3.63, 3.8) is 0 Å². The van der Waals surface area contributed by atoms with Gasteiger partial charge in [0.1, 0.15) is 0 Å². The van der Waals surface area contributed by atoms with Crippen molar-refractivity contribution in [2.45, 2.75) is 19.8 Å². The van der Waals surface area contributed by atoms with Crippen molar-refractivity contribution in [2.75, 3.05) is 13.7 Å². The quantitative estimate of drug-likeness (QED) is 0.848. The third kappa shape index (κ3) is 2.31.